The zero-order chi connectivity index (χ0) is 25.3. The van der Waals surface area contributed by atoms with E-state index in [4.69, 9.17) is 6.57 Å². The summed E-state index contributed by atoms with van der Waals surface area (Å²) >= 11 is 0. The first-order valence-electron chi connectivity index (χ1n) is 10.8. The van der Waals surface area contributed by atoms with E-state index in [9.17, 15) is 18.7 Å². The van der Waals surface area contributed by atoms with E-state index >= 15 is 4.39 Å². The highest BCUT2D eigenvalue weighted by molar-refractivity contribution is 5.97. The predicted molar refractivity (Wildman–Crippen MR) is 124 cm³/mol. The first kappa shape index (κ1) is 24.0. The summed E-state index contributed by atoms with van der Waals surface area (Å²) in [4.78, 5) is 26.5. The van der Waals surface area contributed by atoms with Crippen LogP contribution in [-0.4, -0.2) is 26.0 Å². The zero-order valence-corrected chi connectivity index (χ0v) is 18.9. The highest BCUT2D eigenvalue weighted by Gasteiger charge is 2.35. The minimum absolute atomic E-state index is 0.0324. The molecule has 3 aromatic heterocycles. The Morgan fingerprint density at radius 2 is 1.97 bits per heavy atom. The molecule has 0 fully saturated rings. The van der Waals surface area contributed by atoms with Gasteiger partial charge < -0.3 is 10.1 Å². The molecule has 4 rings (SSSR count). The molecule has 0 bridgehead atoms. The molecule has 0 aliphatic carbocycles. The number of halogens is 3. The van der Waals surface area contributed by atoms with Crippen molar-refractivity contribution in [1.29, 1.82) is 0 Å². The number of hydrogen-bond acceptors (Lipinski definition) is 3. The second-order valence-corrected chi connectivity index (χ2v) is 8.84. The molecule has 0 spiro atoms. The van der Waals surface area contributed by atoms with Crippen LogP contribution in [0.15, 0.2) is 48.8 Å². The summed E-state index contributed by atoms with van der Waals surface area (Å²) in [7, 11) is 0. The number of nitrogens with zero attached hydrogens (tertiary/aromatic N) is 3. The summed E-state index contributed by atoms with van der Waals surface area (Å²) in [6, 6.07) is 8.18. The molecule has 35 heavy (non-hydrogen) atoms. The van der Waals surface area contributed by atoms with Crippen LogP contribution in [0.2, 0.25) is 0 Å². The smallest absolute Gasteiger partial charge is 0.303 e. The molecule has 2 N–H and O–H groups in total. The third-order valence-corrected chi connectivity index (χ3v) is 6.32. The average Bonchev–Trinajstić information content (AvgIpc) is 3.23. The lowest BCUT2D eigenvalue weighted by Crippen LogP contribution is -2.33. The molecule has 4 aromatic rings. The van der Waals surface area contributed by atoms with Gasteiger partial charge in [-0.05, 0) is 36.6 Å². The molecule has 3 heterocycles. The van der Waals surface area contributed by atoms with Crippen LogP contribution >= 0.6 is 0 Å². The summed E-state index contributed by atoms with van der Waals surface area (Å²) in [5, 5.41) is 9.71. The normalized spacial score (nSPS) is 12.5. The van der Waals surface area contributed by atoms with E-state index in [-0.39, 0.29) is 46.4 Å². The van der Waals surface area contributed by atoms with Gasteiger partial charge in [0.2, 0.25) is 5.69 Å². The molecule has 178 valence electrons. The number of hydrogen-bond donors (Lipinski definition) is 2. The SMILES string of the molecule is [C-]#[N+]c1cc(F)c(CC(CC(=O)O)C(C)(C)c2ccccn2)nc1-c1c[nH]c2c(F)cc(F)cc12. The fourth-order valence-corrected chi connectivity index (χ4v) is 4.27. The second-order valence-electron chi connectivity index (χ2n) is 8.84. The van der Waals surface area contributed by atoms with Gasteiger partial charge in [0.1, 0.15) is 17.5 Å². The number of aromatic nitrogens is 3. The van der Waals surface area contributed by atoms with E-state index in [1.165, 1.54) is 6.20 Å². The van der Waals surface area contributed by atoms with Gasteiger partial charge in [-0.2, -0.15) is 0 Å². The second kappa shape index (κ2) is 9.22. The van der Waals surface area contributed by atoms with E-state index in [0.717, 1.165) is 18.2 Å². The molecule has 0 radical (unpaired) electrons. The van der Waals surface area contributed by atoms with Crippen molar-refractivity contribution in [3.63, 3.8) is 0 Å². The number of carboxylic acids is 1. The van der Waals surface area contributed by atoms with Crippen LogP contribution in [0.4, 0.5) is 18.9 Å². The van der Waals surface area contributed by atoms with Crippen molar-refractivity contribution >= 4 is 22.6 Å². The van der Waals surface area contributed by atoms with Gasteiger partial charge in [-0.15, -0.1) is 0 Å². The largest absolute Gasteiger partial charge is 0.481 e. The van der Waals surface area contributed by atoms with Crippen molar-refractivity contribution < 1.29 is 23.1 Å². The fraction of sp³-hybridized carbons (Fsp3) is 0.231. The van der Waals surface area contributed by atoms with Gasteiger partial charge in [0.05, 0.1) is 23.5 Å². The summed E-state index contributed by atoms with van der Waals surface area (Å²) in [6.07, 6.45) is 2.66. The lowest BCUT2D eigenvalue weighted by atomic mass is 9.72. The van der Waals surface area contributed by atoms with E-state index < -0.39 is 34.8 Å². The minimum Gasteiger partial charge on any atom is -0.481 e. The molecule has 1 atom stereocenters. The van der Waals surface area contributed by atoms with Gasteiger partial charge in [-0.25, -0.2) is 18.0 Å². The Morgan fingerprint density at radius 3 is 2.63 bits per heavy atom. The van der Waals surface area contributed by atoms with E-state index in [1.807, 2.05) is 13.8 Å². The highest BCUT2D eigenvalue weighted by atomic mass is 19.1. The monoisotopic (exact) mass is 478 g/mol. The number of aliphatic carboxylic acids is 1. The van der Waals surface area contributed by atoms with Crippen LogP contribution < -0.4 is 0 Å². The molecule has 6 nitrogen and oxygen atoms in total. The van der Waals surface area contributed by atoms with Crippen LogP contribution in [0.5, 0.6) is 0 Å². The maximum Gasteiger partial charge on any atom is 0.303 e. The zero-order valence-electron chi connectivity index (χ0n) is 18.9. The Hall–Kier alpha value is -4.19. The highest BCUT2D eigenvalue weighted by Crippen LogP contribution is 2.39. The molecule has 0 aliphatic heterocycles. The van der Waals surface area contributed by atoms with E-state index in [0.29, 0.717) is 5.69 Å². The minimum atomic E-state index is -1.06. The third kappa shape index (κ3) is 4.60. The van der Waals surface area contributed by atoms with Crippen molar-refractivity contribution in [3.05, 3.63) is 89.0 Å². The van der Waals surface area contributed by atoms with Gasteiger partial charge in [0.25, 0.3) is 0 Å². The van der Waals surface area contributed by atoms with Gasteiger partial charge in [0.15, 0.2) is 0 Å². The Balaban J connectivity index is 1.83. The Labute approximate surface area is 199 Å². The standard InChI is InChI=1S/C26H21F3N4O2/c1-26(2,22-6-4-5-7-31-22)14(9-23(34)35)8-20-18(28)12-21(30-3)25(33-20)17-13-32-24-16(17)10-15(27)11-19(24)29/h4-7,10-14,32H,8-9H2,1-2H3,(H,34,35). The third-order valence-electron chi connectivity index (χ3n) is 6.32. The Bertz CT molecular complexity index is 1460. The van der Waals surface area contributed by atoms with Crippen LogP contribution in [-0.2, 0) is 16.6 Å². The van der Waals surface area contributed by atoms with Crippen molar-refractivity contribution in [2.75, 3.05) is 0 Å². The molecule has 0 saturated carbocycles. The Morgan fingerprint density at radius 1 is 1.20 bits per heavy atom. The van der Waals surface area contributed by atoms with E-state index in [2.05, 4.69) is 19.8 Å². The van der Waals surface area contributed by atoms with E-state index in [1.54, 1.807) is 24.4 Å². The molecule has 0 amide bonds. The molecular formula is C26H21F3N4O2. The van der Waals surface area contributed by atoms with Crippen LogP contribution in [0.3, 0.4) is 0 Å². The molecule has 0 aliphatic rings. The molecule has 9 heteroatoms. The number of benzene rings is 1. The fourth-order valence-electron chi connectivity index (χ4n) is 4.27. The summed E-state index contributed by atoms with van der Waals surface area (Å²) < 4.78 is 43.2. The van der Waals surface area contributed by atoms with Gasteiger partial charge in [-0.1, -0.05) is 19.9 Å². The summed E-state index contributed by atoms with van der Waals surface area (Å²) in [6.45, 7) is 11.1. The van der Waals surface area contributed by atoms with Crippen LogP contribution in [0.25, 0.3) is 27.0 Å². The number of H-pyrrole nitrogens is 1. The first-order valence-corrected chi connectivity index (χ1v) is 10.8. The van der Waals surface area contributed by atoms with Crippen LogP contribution in [0.1, 0.15) is 31.7 Å². The lowest BCUT2D eigenvalue weighted by molar-refractivity contribution is -0.138. The topological polar surface area (TPSA) is 83.2 Å². The number of aromatic amines is 1. The quantitative estimate of drug-likeness (QED) is 0.310. The average molecular weight is 478 g/mol. The molecule has 1 aromatic carbocycles. The van der Waals surface area contributed by atoms with Crippen molar-refractivity contribution in [2.24, 2.45) is 5.92 Å². The molecule has 1 unspecified atom stereocenters. The molecule has 0 saturated heterocycles. The summed E-state index contributed by atoms with van der Waals surface area (Å²) in [5.41, 5.74) is 0.0444. The number of carbonyl (C=O) groups is 1. The number of rotatable bonds is 7. The van der Waals surface area contributed by atoms with Crippen molar-refractivity contribution in [3.8, 4) is 11.3 Å². The maximum atomic E-state index is 15.1. The Kier molecular flexibility index (Phi) is 6.31. The number of pyridine rings is 2. The maximum absolute atomic E-state index is 15.1. The number of nitrogens with one attached hydrogen (secondary N) is 1. The van der Waals surface area contributed by atoms with Crippen LogP contribution in [0, 0.1) is 29.9 Å². The van der Waals surface area contributed by atoms with Crippen molar-refractivity contribution in [1.82, 2.24) is 15.0 Å². The number of fused-ring (bicyclic) bond motifs is 1. The predicted octanol–water partition coefficient (Wildman–Crippen LogP) is 6.20. The van der Waals surface area contributed by atoms with Crippen molar-refractivity contribution in [2.45, 2.75) is 32.1 Å². The molecular weight excluding hydrogens is 457 g/mol. The van der Waals surface area contributed by atoms with Gasteiger partial charge in [0, 0.05) is 46.9 Å². The number of carboxylic acid groups (broad SMARTS) is 1. The van der Waals surface area contributed by atoms with Gasteiger partial charge in [-0.3, -0.25) is 14.8 Å². The lowest BCUT2D eigenvalue weighted by Gasteiger charge is -2.33. The first-order chi connectivity index (χ1) is 16.6. The van der Waals surface area contributed by atoms with Gasteiger partial charge >= 0.3 is 5.97 Å². The summed E-state index contributed by atoms with van der Waals surface area (Å²) in [5.74, 6) is -4.02.